The molecule has 4 N–H and O–H groups in total. The molecule has 7 nitrogen and oxygen atoms in total. The van der Waals surface area contributed by atoms with E-state index >= 15 is 0 Å². The van der Waals surface area contributed by atoms with Gasteiger partial charge in [0.25, 0.3) is 0 Å². The van der Waals surface area contributed by atoms with Crippen LogP contribution in [0.1, 0.15) is 24.0 Å². The molecular formula is C18H25BN2O5. The highest BCUT2D eigenvalue weighted by Crippen LogP contribution is 2.29. The van der Waals surface area contributed by atoms with Crippen LogP contribution in [0.15, 0.2) is 24.3 Å². The first-order valence-corrected chi connectivity index (χ1v) is 9.13. The quantitative estimate of drug-likeness (QED) is 0.536. The average molecular weight is 360 g/mol. The molecular weight excluding hydrogens is 335 g/mol. The molecule has 2 aliphatic heterocycles. The Bertz CT molecular complexity index is 669. The fourth-order valence-corrected chi connectivity index (χ4v) is 4.04. The second-order valence-electron chi connectivity index (χ2n) is 7.27. The van der Waals surface area contributed by atoms with Gasteiger partial charge in [-0.1, -0.05) is 30.7 Å². The zero-order chi connectivity index (χ0) is 18.7. The van der Waals surface area contributed by atoms with Crippen molar-refractivity contribution in [3.05, 3.63) is 35.4 Å². The molecule has 1 amide bonds. The Balaban J connectivity index is 1.62. The van der Waals surface area contributed by atoms with Crippen molar-refractivity contribution < 1.29 is 24.7 Å². The monoisotopic (exact) mass is 360 g/mol. The molecule has 0 radical (unpaired) electrons. The van der Waals surface area contributed by atoms with E-state index in [0.717, 1.165) is 5.56 Å². The van der Waals surface area contributed by atoms with Gasteiger partial charge >= 0.3 is 13.1 Å². The number of carboxylic acid groups (broad SMARTS) is 1. The summed E-state index contributed by atoms with van der Waals surface area (Å²) in [6.45, 7) is 1.28. The van der Waals surface area contributed by atoms with Gasteiger partial charge in [-0.3, -0.25) is 9.59 Å². The van der Waals surface area contributed by atoms with Gasteiger partial charge in [-0.2, -0.15) is 0 Å². The number of nitrogens with one attached hydrogen (secondary N) is 1. The van der Waals surface area contributed by atoms with Crippen molar-refractivity contribution in [2.24, 2.45) is 11.8 Å². The van der Waals surface area contributed by atoms with Crippen molar-refractivity contribution in [2.45, 2.75) is 38.2 Å². The van der Waals surface area contributed by atoms with Gasteiger partial charge in [0.2, 0.25) is 5.91 Å². The van der Waals surface area contributed by atoms with Crippen molar-refractivity contribution in [3.63, 3.8) is 0 Å². The van der Waals surface area contributed by atoms with Crippen LogP contribution in [0.25, 0.3) is 0 Å². The van der Waals surface area contributed by atoms with E-state index in [9.17, 15) is 14.7 Å². The van der Waals surface area contributed by atoms with E-state index < -0.39 is 19.0 Å². The number of carboxylic acids is 1. The molecule has 0 spiro atoms. The number of carbonyl (C=O) groups is 2. The summed E-state index contributed by atoms with van der Waals surface area (Å²) in [5.41, 5.74) is 2.36. The van der Waals surface area contributed by atoms with Gasteiger partial charge < -0.3 is 25.4 Å². The Kier molecular flexibility index (Phi) is 5.96. The molecule has 1 aromatic carbocycles. The molecule has 2 aliphatic rings. The van der Waals surface area contributed by atoms with E-state index in [2.05, 4.69) is 5.32 Å². The molecule has 0 saturated carbocycles. The van der Waals surface area contributed by atoms with Gasteiger partial charge in [-0.05, 0) is 36.2 Å². The Morgan fingerprint density at radius 1 is 1.19 bits per heavy atom. The summed E-state index contributed by atoms with van der Waals surface area (Å²) >= 11 is 0. The third-order valence-electron chi connectivity index (χ3n) is 5.49. The van der Waals surface area contributed by atoms with Crippen LogP contribution in [-0.2, 0) is 22.6 Å². The summed E-state index contributed by atoms with van der Waals surface area (Å²) in [4.78, 5) is 26.1. The minimum absolute atomic E-state index is 0.0459. The van der Waals surface area contributed by atoms with Crippen LogP contribution >= 0.6 is 0 Å². The lowest BCUT2D eigenvalue weighted by Crippen LogP contribution is -2.49. The summed E-state index contributed by atoms with van der Waals surface area (Å²) in [5, 5.41) is 30.7. The van der Waals surface area contributed by atoms with Gasteiger partial charge in [0, 0.05) is 19.6 Å². The number of fused-ring (bicyclic) bond motifs is 1. The smallest absolute Gasteiger partial charge is 0.451 e. The first kappa shape index (κ1) is 18.9. The first-order chi connectivity index (χ1) is 12.5. The molecule has 2 heterocycles. The summed E-state index contributed by atoms with van der Waals surface area (Å²) in [6, 6.07) is 7.70. The van der Waals surface area contributed by atoms with Crippen LogP contribution < -0.4 is 5.32 Å². The molecule has 8 heteroatoms. The Morgan fingerprint density at radius 2 is 1.92 bits per heavy atom. The van der Waals surface area contributed by atoms with E-state index in [0.29, 0.717) is 32.4 Å². The maximum Gasteiger partial charge on any atom is 0.451 e. The van der Waals surface area contributed by atoms with Gasteiger partial charge in [-0.15, -0.1) is 0 Å². The van der Waals surface area contributed by atoms with Crippen molar-refractivity contribution in [1.82, 2.24) is 10.2 Å². The molecule has 0 aliphatic carbocycles. The van der Waals surface area contributed by atoms with E-state index in [1.807, 2.05) is 24.3 Å². The predicted molar refractivity (Wildman–Crippen MR) is 96.2 cm³/mol. The fourth-order valence-electron chi connectivity index (χ4n) is 4.04. The zero-order valence-electron chi connectivity index (χ0n) is 14.7. The van der Waals surface area contributed by atoms with E-state index in [-0.39, 0.29) is 30.7 Å². The Hall–Kier alpha value is -1.90. The molecule has 3 unspecified atom stereocenters. The lowest BCUT2D eigenvalue weighted by molar-refractivity contribution is -0.142. The number of hydrogen-bond donors (Lipinski definition) is 4. The highest BCUT2D eigenvalue weighted by atomic mass is 16.4. The van der Waals surface area contributed by atoms with Gasteiger partial charge in [-0.25, -0.2) is 0 Å². The normalized spacial score (nSPS) is 25.0. The second-order valence-corrected chi connectivity index (χ2v) is 7.27. The fraction of sp³-hybridized carbons (Fsp3) is 0.556. The number of rotatable bonds is 6. The zero-order valence-corrected chi connectivity index (χ0v) is 14.7. The molecule has 140 valence electrons. The maximum absolute atomic E-state index is 12.9. The van der Waals surface area contributed by atoms with Crippen molar-refractivity contribution in [3.8, 4) is 0 Å². The van der Waals surface area contributed by atoms with Crippen molar-refractivity contribution in [1.29, 1.82) is 0 Å². The summed E-state index contributed by atoms with van der Waals surface area (Å²) < 4.78 is 0. The topological polar surface area (TPSA) is 110 Å². The third-order valence-corrected chi connectivity index (χ3v) is 5.49. The standard InChI is InChI=1S/C18H25BN2O5/c22-17(16-8-12-4-1-2-5-13(12)9-20-16)21-10-14(6-3-7-19(25)26)15(11-21)18(23)24/h1-2,4-5,14-16,20,25-26H,3,6-11H2,(H,23,24). The van der Waals surface area contributed by atoms with Gasteiger partial charge in [0.1, 0.15) is 0 Å². The maximum atomic E-state index is 12.9. The SMILES string of the molecule is O=C(O)C1CN(C(=O)C2Cc3ccccc3CN2)CC1CCCB(O)O. The molecule has 26 heavy (non-hydrogen) atoms. The molecule has 1 aromatic rings. The lowest BCUT2D eigenvalue weighted by atomic mass is 9.80. The summed E-state index contributed by atoms with van der Waals surface area (Å²) in [6.07, 6.45) is 1.94. The van der Waals surface area contributed by atoms with Gasteiger partial charge in [0.15, 0.2) is 0 Å². The van der Waals surface area contributed by atoms with Gasteiger partial charge in [0.05, 0.1) is 12.0 Å². The highest BCUT2D eigenvalue weighted by molar-refractivity contribution is 6.40. The predicted octanol–water partition coefficient (Wildman–Crippen LogP) is 0.113. The molecule has 0 bridgehead atoms. The van der Waals surface area contributed by atoms with Crippen LogP contribution in [0.4, 0.5) is 0 Å². The van der Waals surface area contributed by atoms with E-state index in [4.69, 9.17) is 10.0 Å². The lowest BCUT2D eigenvalue weighted by Gasteiger charge is -2.29. The van der Waals surface area contributed by atoms with E-state index in [1.165, 1.54) is 5.56 Å². The number of amides is 1. The molecule has 1 saturated heterocycles. The number of likely N-dealkylation sites (tertiary alicyclic amines) is 1. The third kappa shape index (κ3) is 4.25. The largest absolute Gasteiger partial charge is 0.481 e. The average Bonchev–Trinajstić information content (AvgIpc) is 3.05. The van der Waals surface area contributed by atoms with Crippen LogP contribution in [-0.4, -0.2) is 58.2 Å². The number of benzene rings is 1. The molecule has 1 fully saturated rings. The minimum atomic E-state index is -1.37. The highest BCUT2D eigenvalue weighted by Gasteiger charge is 2.41. The second kappa shape index (κ2) is 8.20. The number of hydrogen-bond acceptors (Lipinski definition) is 5. The first-order valence-electron chi connectivity index (χ1n) is 9.13. The number of carbonyl (C=O) groups excluding carboxylic acids is 1. The Labute approximate surface area is 153 Å². The van der Waals surface area contributed by atoms with Crippen LogP contribution in [0.3, 0.4) is 0 Å². The number of nitrogens with zero attached hydrogens (tertiary/aromatic N) is 1. The summed E-state index contributed by atoms with van der Waals surface area (Å²) in [7, 11) is -1.37. The van der Waals surface area contributed by atoms with Crippen LogP contribution in [0.2, 0.25) is 6.32 Å². The molecule has 3 atom stereocenters. The molecule has 3 rings (SSSR count). The minimum Gasteiger partial charge on any atom is -0.481 e. The molecule has 0 aromatic heterocycles. The van der Waals surface area contributed by atoms with Crippen molar-refractivity contribution >= 4 is 19.0 Å². The van der Waals surface area contributed by atoms with Crippen LogP contribution in [0.5, 0.6) is 0 Å². The summed E-state index contributed by atoms with van der Waals surface area (Å²) in [5.74, 6) is -1.68. The van der Waals surface area contributed by atoms with E-state index in [1.54, 1.807) is 4.90 Å². The van der Waals surface area contributed by atoms with Crippen molar-refractivity contribution in [2.75, 3.05) is 13.1 Å². The number of aliphatic carboxylic acids is 1. The Morgan fingerprint density at radius 3 is 2.62 bits per heavy atom. The van der Waals surface area contributed by atoms with Crippen LogP contribution in [0, 0.1) is 11.8 Å².